The number of likely N-dealkylation sites (N-methyl/N-ethyl adjacent to an activating group) is 1. The summed E-state index contributed by atoms with van der Waals surface area (Å²) in [4.78, 5) is 16.8. The lowest BCUT2D eigenvalue weighted by atomic mass is 9.32. The van der Waals surface area contributed by atoms with Gasteiger partial charge in [0.05, 0.1) is 11.5 Å². The summed E-state index contributed by atoms with van der Waals surface area (Å²) in [6, 6.07) is 8.26. The molecule has 4 fully saturated rings. The van der Waals surface area contributed by atoms with Gasteiger partial charge >= 0.3 is 5.97 Å². The fourth-order valence-corrected chi connectivity index (χ4v) is 15.7. The van der Waals surface area contributed by atoms with Crippen LogP contribution in [0.5, 0.6) is 0 Å². The van der Waals surface area contributed by atoms with E-state index in [2.05, 4.69) is 96.6 Å². The Morgan fingerprint density at radius 1 is 0.877 bits per heavy atom. The first-order valence-corrected chi connectivity index (χ1v) is 23.1. The van der Waals surface area contributed by atoms with Crippen molar-refractivity contribution in [2.75, 3.05) is 40.4 Å². The molecule has 0 amide bonds. The average Bonchev–Trinajstić information content (AvgIpc) is 3.56. The third-order valence-electron chi connectivity index (χ3n) is 18.9. The summed E-state index contributed by atoms with van der Waals surface area (Å²) in [5.74, 6) is 2.58. The van der Waals surface area contributed by atoms with E-state index >= 15 is 0 Å². The topological polar surface area (TPSA) is 64.0 Å². The number of aliphatic carboxylic acids is 1. The molecule has 1 aromatic carbocycles. The molecule has 2 N–H and O–H groups in total. The molecule has 318 valence electrons. The van der Waals surface area contributed by atoms with Gasteiger partial charge < -0.3 is 15.1 Å². The molecule has 0 aliphatic heterocycles. The van der Waals surface area contributed by atoms with Crippen molar-refractivity contribution in [2.45, 2.75) is 138 Å². The molecule has 7 heteroatoms. The van der Waals surface area contributed by atoms with Crippen molar-refractivity contribution in [3.63, 3.8) is 0 Å². The van der Waals surface area contributed by atoms with Crippen molar-refractivity contribution in [1.82, 2.24) is 9.80 Å². The maximum absolute atomic E-state index is 14.1. The number of hydrogen-bond acceptors (Lipinski definition) is 4. The molecule has 7 rings (SSSR count). The van der Waals surface area contributed by atoms with Crippen molar-refractivity contribution in [2.24, 2.45) is 68.0 Å². The van der Waals surface area contributed by atoms with Crippen LogP contribution in [0, 0.1) is 68.0 Å². The first-order chi connectivity index (χ1) is 26.8. The Labute approximate surface area is 350 Å². The number of halogens is 2. The van der Waals surface area contributed by atoms with E-state index in [9.17, 15) is 19.4 Å². The van der Waals surface area contributed by atoms with Crippen LogP contribution < -0.4 is 0 Å². The smallest absolute Gasteiger partial charge is 0.312 e. The van der Waals surface area contributed by atoms with Gasteiger partial charge in [0.1, 0.15) is 6.67 Å². The van der Waals surface area contributed by atoms with Gasteiger partial charge in [0, 0.05) is 36.6 Å². The summed E-state index contributed by atoms with van der Waals surface area (Å²) in [5, 5.41) is 23.4. The molecule has 57 heavy (non-hydrogen) atoms. The fourth-order valence-electron chi connectivity index (χ4n) is 15.5. The number of carboxylic acids is 1. The maximum Gasteiger partial charge on any atom is 0.312 e. The predicted molar refractivity (Wildman–Crippen MR) is 232 cm³/mol. The predicted octanol–water partition coefficient (Wildman–Crippen LogP) is 11.5. The average molecular weight is 808 g/mol. The Kier molecular flexibility index (Phi) is 11.9. The van der Waals surface area contributed by atoms with Crippen LogP contribution in [0.2, 0.25) is 5.02 Å². The van der Waals surface area contributed by atoms with E-state index in [1.807, 2.05) is 12.1 Å². The van der Waals surface area contributed by atoms with Gasteiger partial charge in [-0.1, -0.05) is 84.4 Å². The van der Waals surface area contributed by atoms with Crippen molar-refractivity contribution in [1.29, 1.82) is 0 Å². The van der Waals surface area contributed by atoms with Gasteiger partial charge in [-0.2, -0.15) is 0 Å². The second kappa shape index (κ2) is 15.6. The van der Waals surface area contributed by atoms with Crippen LogP contribution in [0.3, 0.4) is 0 Å². The molecular weight excluding hydrogens is 731 g/mol. The highest BCUT2D eigenvalue weighted by Gasteiger charge is 2.71. The molecule has 0 bridgehead atoms. The van der Waals surface area contributed by atoms with Crippen molar-refractivity contribution >= 4 is 17.6 Å². The molecule has 0 radical (unpaired) electrons. The van der Waals surface area contributed by atoms with Crippen LogP contribution >= 0.6 is 11.6 Å². The number of aliphatic hydroxyl groups is 1. The van der Waals surface area contributed by atoms with E-state index in [-0.39, 0.29) is 39.6 Å². The minimum absolute atomic E-state index is 0.0264. The van der Waals surface area contributed by atoms with Gasteiger partial charge in [-0.15, -0.1) is 0 Å². The first-order valence-electron chi connectivity index (χ1n) is 22.8. The van der Waals surface area contributed by atoms with Crippen LogP contribution in [0.4, 0.5) is 4.39 Å². The van der Waals surface area contributed by atoms with Gasteiger partial charge in [0.25, 0.3) is 0 Å². The third-order valence-corrected chi connectivity index (χ3v) is 19.2. The van der Waals surface area contributed by atoms with Crippen LogP contribution in [0.25, 0.3) is 0 Å². The number of fused-ring (bicyclic) bond motifs is 7. The van der Waals surface area contributed by atoms with Crippen LogP contribution in [0.1, 0.15) is 131 Å². The summed E-state index contributed by atoms with van der Waals surface area (Å²) in [6.07, 6.45) is 16.4. The second-order valence-corrected chi connectivity index (χ2v) is 22.7. The Morgan fingerprint density at radius 2 is 1.60 bits per heavy atom. The lowest BCUT2D eigenvalue weighted by Gasteiger charge is -2.73. The van der Waals surface area contributed by atoms with E-state index in [1.165, 1.54) is 55.2 Å². The Morgan fingerprint density at radius 3 is 2.21 bits per heavy atom. The number of benzene rings is 1. The third kappa shape index (κ3) is 7.03. The zero-order valence-electron chi connectivity index (χ0n) is 37.0. The maximum atomic E-state index is 14.1. The summed E-state index contributed by atoms with van der Waals surface area (Å²) < 4.78 is 14.1. The molecule has 1 aromatic rings. The van der Waals surface area contributed by atoms with Gasteiger partial charge in [0.15, 0.2) is 0 Å². The Balaban J connectivity index is 1.16. The van der Waals surface area contributed by atoms with Crippen molar-refractivity contribution in [3.8, 4) is 0 Å². The van der Waals surface area contributed by atoms with Crippen molar-refractivity contribution < 1.29 is 19.4 Å². The lowest BCUT2D eigenvalue weighted by Crippen LogP contribution is -2.66. The quantitative estimate of drug-likeness (QED) is 0.220. The highest BCUT2D eigenvalue weighted by molar-refractivity contribution is 6.30. The summed E-state index contributed by atoms with van der Waals surface area (Å²) in [7, 11) is 4.28. The Bertz CT molecular complexity index is 1710. The number of hydrogen-bond donors (Lipinski definition) is 2. The van der Waals surface area contributed by atoms with E-state index in [0.29, 0.717) is 54.9 Å². The zero-order valence-corrected chi connectivity index (χ0v) is 37.7. The second-order valence-electron chi connectivity index (χ2n) is 22.3. The molecule has 0 spiro atoms. The van der Waals surface area contributed by atoms with Crippen LogP contribution in [0.15, 0.2) is 47.6 Å². The number of carboxylic acid groups (broad SMARTS) is 1. The Hall–Kier alpha value is -1.73. The summed E-state index contributed by atoms with van der Waals surface area (Å²) in [6.45, 7) is 20.5. The highest BCUT2D eigenvalue weighted by Crippen LogP contribution is 2.78. The van der Waals surface area contributed by atoms with Gasteiger partial charge in [-0.3, -0.25) is 9.69 Å². The number of nitrogens with zero attached hydrogens (tertiary/aromatic N) is 2. The number of rotatable bonds is 12. The molecule has 11 atom stereocenters. The molecule has 4 unspecified atom stereocenters. The number of allylic oxidation sites excluding steroid dienone is 4. The minimum Gasteiger partial charge on any atom is -0.481 e. The molecular formula is C50H76ClFN2O3. The molecule has 5 nitrogen and oxygen atoms in total. The highest BCUT2D eigenvalue weighted by atomic mass is 35.5. The van der Waals surface area contributed by atoms with E-state index in [0.717, 1.165) is 43.9 Å². The largest absolute Gasteiger partial charge is 0.481 e. The van der Waals surface area contributed by atoms with Crippen molar-refractivity contribution in [3.05, 3.63) is 58.1 Å². The van der Waals surface area contributed by atoms with Crippen LogP contribution in [-0.2, 0) is 11.3 Å². The van der Waals surface area contributed by atoms with Gasteiger partial charge in [-0.25, -0.2) is 4.39 Å². The minimum atomic E-state index is -1.26. The monoisotopic (exact) mass is 807 g/mol. The van der Waals surface area contributed by atoms with E-state index < -0.39 is 18.1 Å². The standard InChI is InChI=1S/C50H76ClFN2O3/c1-33(2)37-18-25-50(42(55)31-54(29-28-53(8)9)30-34-10-12-36(51)13-11-34)27-26-47(6)39(43(37)50)14-15-41-46(5)21-19-38(45(3,4)40(46)20-22-48(41,47)7)35-16-23-49(32-52,24-17-35)44(56)57/h10-13,16,19,33,37,39-43,55H,14-15,17-18,20-32H2,1-9H3,(H,56,57)/t37-,39?,40?,41?,42-,43?,46-,47+,48+,49-,50+/m0/s1. The summed E-state index contributed by atoms with van der Waals surface area (Å²) >= 11 is 6.27. The zero-order chi connectivity index (χ0) is 41.3. The number of alkyl halides is 1. The molecule has 4 saturated carbocycles. The first kappa shape index (κ1) is 43.4. The molecule has 0 heterocycles. The number of aliphatic hydroxyl groups excluding tert-OH is 1. The fraction of sp³-hybridized carbons (Fsp3) is 0.780. The summed E-state index contributed by atoms with van der Waals surface area (Å²) in [5.41, 5.74) is 3.22. The van der Waals surface area contributed by atoms with Crippen LogP contribution in [-0.4, -0.2) is 72.5 Å². The van der Waals surface area contributed by atoms with Gasteiger partial charge in [0.2, 0.25) is 0 Å². The van der Waals surface area contributed by atoms with E-state index in [1.54, 1.807) is 0 Å². The normalized spacial score (nSPS) is 40.5. The molecule has 6 aliphatic rings. The number of carbonyl (C=O) groups is 1. The molecule has 0 aromatic heterocycles. The SMILES string of the molecule is CC(C)[C@@H]1CC[C@]2([C@@H](O)CN(CCN(C)C)Cc3ccc(Cl)cc3)CC[C@]3(C)C(CCC4[C@@]5(C)CC=C(C6=CC[C@](CF)(C(=O)O)CC6)C(C)(C)C5CC[C@]43C)C12. The molecule has 0 saturated heterocycles. The lowest BCUT2D eigenvalue weighted by molar-refractivity contribution is -0.239. The molecule has 6 aliphatic carbocycles. The van der Waals surface area contributed by atoms with E-state index in [4.69, 9.17) is 11.6 Å². The van der Waals surface area contributed by atoms with Gasteiger partial charge in [-0.05, 0) is 177 Å².